The first kappa shape index (κ1) is 14.9. The van der Waals surface area contributed by atoms with Crippen LogP contribution in [-0.4, -0.2) is 24.9 Å². The number of carbonyl (C=O) groups is 2. The first-order valence-electron chi connectivity index (χ1n) is 8.49. The Kier molecular flexibility index (Phi) is 3.81. The summed E-state index contributed by atoms with van der Waals surface area (Å²) in [6, 6.07) is 14.2. The van der Waals surface area contributed by atoms with E-state index in [1.165, 1.54) is 22.3 Å². The number of hydrogen-bond acceptors (Lipinski definition) is 2. The summed E-state index contributed by atoms with van der Waals surface area (Å²) in [4.78, 5) is 23.8. The molecule has 2 N–H and O–H groups in total. The van der Waals surface area contributed by atoms with Crippen LogP contribution in [-0.2, 0) is 11.2 Å². The second kappa shape index (κ2) is 6.11. The predicted octanol–water partition coefficient (Wildman–Crippen LogP) is 2.51. The molecule has 0 radical (unpaired) electrons. The van der Waals surface area contributed by atoms with Crippen LogP contribution >= 0.6 is 0 Å². The van der Waals surface area contributed by atoms with Gasteiger partial charge in [-0.05, 0) is 53.6 Å². The zero-order valence-electron chi connectivity index (χ0n) is 13.5. The third kappa shape index (κ3) is 2.92. The maximum atomic E-state index is 12.3. The smallest absolute Gasteiger partial charge is 0.251 e. The Hall–Kier alpha value is -2.62. The first-order chi connectivity index (χ1) is 11.7. The van der Waals surface area contributed by atoms with Gasteiger partial charge >= 0.3 is 0 Å². The van der Waals surface area contributed by atoms with Gasteiger partial charge in [0.05, 0.1) is 0 Å². The zero-order valence-corrected chi connectivity index (χ0v) is 13.5. The molecule has 1 fully saturated rings. The van der Waals surface area contributed by atoms with Crippen molar-refractivity contribution in [2.75, 3.05) is 13.1 Å². The number of benzene rings is 2. The van der Waals surface area contributed by atoms with E-state index in [0.717, 1.165) is 19.3 Å². The molecule has 4 heteroatoms. The summed E-state index contributed by atoms with van der Waals surface area (Å²) < 4.78 is 0. The molecule has 4 rings (SSSR count). The molecule has 2 amide bonds. The van der Waals surface area contributed by atoms with Crippen LogP contribution in [0.25, 0.3) is 11.1 Å². The van der Waals surface area contributed by atoms with Gasteiger partial charge < -0.3 is 10.6 Å². The Morgan fingerprint density at radius 2 is 1.67 bits per heavy atom. The lowest BCUT2D eigenvalue weighted by atomic mass is 10.0. The van der Waals surface area contributed by atoms with Crippen molar-refractivity contribution in [2.45, 2.75) is 19.3 Å². The SMILES string of the molecule is O=C(NCCNC(=O)C1CC1)c1ccc2c(c1)Cc1ccccc1-2. The lowest BCUT2D eigenvalue weighted by molar-refractivity contribution is -0.122. The van der Waals surface area contributed by atoms with Crippen LogP contribution in [0.3, 0.4) is 0 Å². The number of carbonyl (C=O) groups excluding carboxylic acids is 2. The van der Waals surface area contributed by atoms with Crippen molar-refractivity contribution in [3.05, 3.63) is 59.2 Å². The fourth-order valence-corrected chi connectivity index (χ4v) is 3.24. The van der Waals surface area contributed by atoms with Gasteiger partial charge in [0, 0.05) is 24.6 Å². The minimum atomic E-state index is -0.0885. The molecule has 2 aromatic carbocycles. The minimum Gasteiger partial charge on any atom is -0.354 e. The van der Waals surface area contributed by atoms with Gasteiger partial charge in [0.2, 0.25) is 5.91 Å². The zero-order chi connectivity index (χ0) is 16.5. The molecule has 0 saturated heterocycles. The molecule has 2 aromatic rings. The van der Waals surface area contributed by atoms with Gasteiger partial charge in [-0.3, -0.25) is 9.59 Å². The summed E-state index contributed by atoms with van der Waals surface area (Å²) in [5.74, 6) is 0.230. The number of amides is 2. The summed E-state index contributed by atoms with van der Waals surface area (Å²) in [5.41, 5.74) is 5.68. The van der Waals surface area contributed by atoms with Crippen molar-refractivity contribution in [1.29, 1.82) is 0 Å². The van der Waals surface area contributed by atoms with Gasteiger partial charge in [0.25, 0.3) is 5.91 Å². The Morgan fingerprint density at radius 1 is 0.917 bits per heavy atom. The van der Waals surface area contributed by atoms with Crippen LogP contribution in [0.5, 0.6) is 0 Å². The Bertz CT molecular complexity index is 809. The van der Waals surface area contributed by atoms with Crippen molar-refractivity contribution >= 4 is 11.8 Å². The molecular formula is C20H20N2O2. The fourth-order valence-electron chi connectivity index (χ4n) is 3.24. The van der Waals surface area contributed by atoms with E-state index in [-0.39, 0.29) is 17.7 Å². The minimum absolute atomic E-state index is 0.0885. The topological polar surface area (TPSA) is 58.2 Å². The highest BCUT2D eigenvalue weighted by molar-refractivity contribution is 5.95. The lowest BCUT2D eigenvalue weighted by Crippen LogP contribution is -2.35. The normalized spacial score (nSPS) is 14.7. The second-order valence-corrected chi connectivity index (χ2v) is 6.53. The van der Waals surface area contributed by atoms with E-state index in [4.69, 9.17) is 0 Å². The third-order valence-electron chi connectivity index (χ3n) is 4.71. The molecule has 0 heterocycles. The molecule has 2 aliphatic carbocycles. The molecule has 0 atom stereocenters. The van der Waals surface area contributed by atoms with E-state index in [1.807, 2.05) is 30.3 Å². The molecule has 122 valence electrons. The highest BCUT2D eigenvalue weighted by Gasteiger charge is 2.29. The molecule has 0 bridgehead atoms. The largest absolute Gasteiger partial charge is 0.354 e. The van der Waals surface area contributed by atoms with Gasteiger partial charge in [0.15, 0.2) is 0 Å². The quantitative estimate of drug-likeness (QED) is 0.710. The number of nitrogens with one attached hydrogen (secondary N) is 2. The molecular weight excluding hydrogens is 300 g/mol. The van der Waals surface area contributed by atoms with Gasteiger partial charge in [-0.15, -0.1) is 0 Å². The molecule has 0 unspecified atom stereocenters. The van der Waals surface area contributed by atoms with Crippen LogP contribution < -0.4 is 10.6 Å². The van der Waals surface area contributed by atoms with E-state index in [1.54, 1.807) is 0 Å². The van der Waals surface area contributed by atoms with Crippen molar-refractivity contribution in [3.8, 4) is 11.1 Å². The fraction of sp³-hybridized carbons (Fsp3) is 0.300. The third-order valence-corrected chi connectivity index (χ3v) is 4.71. The van der Waals surface area contributed by atoms with Gasteiger partial charge in [-0.2, -0.15) is 0 Å². The van der Waals surface area contributed by atoms with Crippen molar-refractivity contribution in [1.82, 2.24) is 10.6 Å². The number of fused-ring (bicyclic) bond motifs is 3. The summed E-state index contributed by atoms with van der Waals surface area (Å²) in [5, 5.41) is 5.72. The Labute approximate surface area is 141 Å². The van der Waals surface area contributed by atoms with E-state index in [2.05, 4.69) is 22.8 Å². The molecule has 0 aromatic heterocycles. The molecule has 0 spiro atoms. The van der Waals surface area contributed by atoms with E-state index in [0.29, 0.717) is 18.7 Å². The highest BCUT2D eigenvalue weighted by Crippen LogP contribution is 2.36. The van der Waals surface area contributed by atoms with Crippen LogP contribution in [0, 0.1) is 5.92 Å². The van der Waals surface area contributed by atoms with Gasteiger partial charge in [0.1, 0.15) is 0 Å². The summed E-state index contributed by atoms with van der Waals surface area (Å²) in [7, 11) is 0. The van der Waals surface area contributed by atoms with Crippen LogP contribution in [0.1, 0.15) is 34.3 Å². The summed E-state index contributed by atoms with van der Waals surface area (Å²) in [6.45, 7) is 0.937. The van der Waals surface area contributed by atoms with E-state index in [9.17, 15) is 9.59 Å². The van der Waals surface area contributed by atoms with Crippen LogP contribution in [0.4, 0.5) is 0 Å². The average Bonchev–Trinajstić information content (AvgIpc) is 3.38. The van der Waals surface area contributed by atoms with Crippen LogP contribution in [0.15, 0.2) is 42.5 Å². The summed E-state index contributed by atoms with van der Waals surface area (Å²) in [6.07, 6.45) is 2.87. The number of hydrogen-bond donors (Lipinski definition) is 2. The van der Waals surface area contributed by atoms with Gasteiger partial charge in [-0.25, -0.2) is 0 Å². The molecule has 1 saturated carbocycles. The predicted molar refractivity (Wildman–Crippen MR) is 92.8 cm³/mol. The van der Waals surface area contributed by atoms with Gasteiger partial charge in [-0.1, -0.05) is 30.3 Å². The van der Waals surface area contributed by atoms with Crippen molar-refractivity contribution < 1.29 is 9.59 Å². The first-order valence-corrected chi connectivity index (χ1v) is 8.49. The lowest BCUT2D eigenvalue weighted by Gasteiger charge is -2.08. The van der Waals surface area contributed by atoms with Crippen molar-refractivity contribution in [2.24, 2.45) is 5.92 Å². The highest BCUT2D eigenvalue weighted by atomic mass is 16.2. The monoisotopic (exact) mass is 320 g/mol. The maximum Gasteiger partial charge on any atom is 0.251 e. The molecule has 2 aliphatic rings. The maximum absolute atomic E-state index is 12.3. The van der Waals surface area contributed by atoms with Crippen LogP contribution in [0.2, 0.25) is 0 Å². The summed E-state index contributed by atoms with van der Waals surface area (Å²) >= 11 is 0. The van der Waals surface area contributed by atoms with E-state index >= 15 is 0 Å². The Balaban J connectivity index is 1.36. The average molecular weight is 320 g/mol. The van der Waals surface area contributed by atoms with Crippen molar-refractivity contribution in [3.63, 3.8) is 0 Å². The molecule has 0 aliphatic heterocycles. The second-order valence-electron chi connectivity index (χ2n) is 6.53. The standard InChI is InChI=1S/C20H20N2O2/c23-19(13-5-6-13)21-9-10-22-20(24)15-7-8-18-16(12-15)11-14-3-1-2-4-17(14)18/h1-4,7-8,12-13H,5-6,9-11H2,(H,21,23)(H,22,24). The Morgan fingerprint density at radius 3 is 2.50 bits per heavy atom. The molecule has 24 heavy (non-hydrogen) atoms. The number of rotatable bonds is 5. The molecule has 4 nitrogen and oxygen atoms in total. The van der Waals surface area contributed by atoms with E-state index < -0.39 is 0 Å².